The zero-order valence-electron chi connectivity index (χ0n) is 18.9. The number of guanidine groups is 1. The highest BCUT2D eigenvalue weighted by molar-refractivity contribution is 14.0. The first-order valence-electron chi connectivity index (χ1n) is 10.5. The minimum atomic E-state index is -0.583. The van der Waals surface area contributed by atoms with E-state index in [0.717, 1.165) is 34.5 Å². The Labute approximate surface area is 211 Å². The molecule has 0 aliphatic heterocycles. The number of thiophene rings is 1. The van der Waals surface area contributed by atoms with Crippen LogP contribution in [-0.4, -0.2) is 56.8 Å². The van der Waals surface area contributed by atoms with Gasteiger partial charge in [-0.3, -0.25) is 4.99 Å². The van der Waals surface area contributed by atoms with E-state index in [9.17, 15) is 5.11 Å². The maximum absolute atomic E-state index is 10.5. The summed E-state index contributed by atoms with van der Waals surface area (Å²) in [5.74, 6) is 1.54. The molecule has 1 atom stereocenters. The van der Waals surface area contributed by atoms with E-state index in [1.54, 1.807) is 18.4 Å². The minimum absolute atomic E-state index is 0. The summed E-state index contributed by atoms with van der Waals surface area (Å²) in [5, 5.41) is 18.2. The topological polar surface area (TPSA) is 69.1 Å². The van der Waals surface area contributed by atoms with Crippen molar-refractivity contribution in [2.45, 2.75) is 19.1 Å². The van der Waals surface area contributed by atoms with Crippen LogP contribution in [0.2, 0.25) is 0 Å². The lowest BCUT2D eigenvalue weighted by Crippen LogP contribution is -2.38. The second-order valence-electron chi connectivity index (χ2n) is 7.66. The van der Waals surface area contributed by atoms with Crippen molar-refractivity contribution in [3.05, 3.63) is 65.0 Å². The number of ether oxygens (including phenoxy) is 1. The summed E-state index contributed by atoms with van der Waals surface area (Å²) in [6.45, 7) is 2.77. The molecule has 0 bridgehead atoms. The first-order valence-corrected chi connectivity index (χ1v) is 11.3. The zero-order chi connectivity index (χ0) is 22.1. The van der Waals surface area contributed by atoms with E-state index in [-0.39, 0.29) is 24.0 Å². The SMILES string of the molecule is CN=C(NCc1ccc(OCCCN(C)C)cc1)NCC(O)c1cc2ccccc2s1.I. The van der Waals surface area contributed by atoms with E-state index < -0.39 is 6.10 Å². The fourth-order valence-electron chi connectivity index (χ4n) is 3.14. The van der Waals surface area contributed by atoms with Crippen molar-refractivity contribution < 1.29 is 9.84 Å². The summed E-state index contributed by atoms with van der Waals surface area (Å²) >= 11 is 1.62. The average Bonchev–Trinajstić information content (AvgIpc) is 3.22. The number of rotatable bonds is 10. The second-order valence-corrected chi connectivity index (χ2v) is 8.77. The predicted octanol–water partition coefficient (Wildman–Crippen LogP) is 4.25. The third kappa shape index (κ3) is 8.23. The summed E-state index contributed by atoms with van der Waals surface area (Å²) in [5.41, 5.74) is 1.13. The van der Waals surface area contributed by atoms with Gasteiger partial charge in [-0.25, -0.2) is 0 Å². The van der Waals surface area contributed by atoms with Gasteiger partial charge in [0.15, 0.2) is 5.96 Å². The number of fused-ring (bicyclic) bond motifs is 1. The molecule has 0 aliphatic carbocycles. The van der Waals surface area contributed by atoms with Crippen molar-refractivity contribution >= 4 is 51.4 Å². The summed E-state index contributed by atoms with van der Waals surface area (Å²) in [4.78, 5) is 7.35. The fraction of sp³-hybridized carbons (Fsp3) is 0.375. The molecule has 3 rings (SSSR count). The number of nitrogens with zero attached hydrogens (tertiary/aromatic N) is 2. The van der Waals surface area contributed by atoms with Crippen LogP contribution in [-0.2, 0) is 6.54 Å². The number of aliphatic imine (C=N–C) groups is 1. The Balaban J connectivity index is 0.00000363. The van der Waals surface area contributed by atoms with Gasteiger partial charge in [0.2, 0.25) is 0 Å². The molecule has 174 valence electrons. The molecule has 0 fully saturated rings. The van der Waals surface area contributed by atoms with Gasteiger partial charge in [-0.1, -0.05) is 30.3 Å². The smallest absolute Gasteiger partial charge is 0.191 e. The van der Waals surface area contributed by atoms with Crippen LogP contribution in [0.1, 0.15) is 23.0 Å². The third-order valence-corrected chi connectivity index (χ3v) is 6.08. The van der Waals surface area contributed by atoms with Crippen molar-refractivity contribution in [1.82, 2.24) is 15.5 Å². The second kappa shape index (κ2) is 13.6. The Bertz CT molecular complexity index is 943. The summed E-state index contributed by atoms with van der Waals surface area (Å²) in [6.07, 6.45) is 0.422. The molecule has 1 unspecified atom stereocenters. The van der Waals surface area contributed by atoms with Crippen molar-refractivity contribution in [3.63, 3.8) is 0 Å². The molecular weight excluding hydrogens is 535 g/mol. The van der Waals surface area contributed by atoms with Gasteiger partial charge in [0.1, 0.15) is 11.9 Å². The Morgan fingerprint density at radius 3 is 2.56 bits per heavy atom. The van der Waals surface area contributed by atoms with E-state index in [2.05, 4.69) is 46.8 Å². The third-order valence-electron chi connectivity index (χ3n) is 4.86. The molecule has 6 nitrogen and oxygen atoms in total. The maximum atomic E-state index is 10.5. The van der Waals surface area contributed by atoms with Gasteiger partial charge in [-0.2, -0.15) is 0 Å². The van der Waals surface area contributed by atoms with Crippen molar-refractivity contribution in [2.24, 2.45) is 4.99 Å². The molecule has 32 heavy (non-hydrogen) atoms. The van der Waals surface area contributed by atoms with E-state index in [4.69, 9.17) is 4.74 Å². The number of halogens is 1. The van der Waals surface area contributed by atoms with Gasteiger partial charge in [0.25, 0.3) is 0 Å². The number of hydrogen-bond donors (Lipinski definition) is 3. The van der Waals surface area contributed by atoms with Crippen LogP contribution in [0.3, 0.4) is 0 Å². The quantitative estimate of drug-likeness (QED) is 0.148. The number of hydrogen-bond acceptors (Lipinski definition) is 5. The Hall–Kier alpha value is -1.88. The van der Waals surface area contributed by atoms with E-state index in [1.807, 2.05) is 42.5 Å². The van der Waals surface area contributed by atoms with Crippen molar-refractivity contribution in [3.8, 4) is 5.75 Å². The summed E-state index contributed by atoms with van der Waals surface area (Å²) < 4.78 is 6.96. The number of aliphatic hydroxyl groups excluding tert-OH is 1. The van der Waals surface area contributed by atoms with E-state index in [0.29, 0.717) is 25.7 Å². The van der Waals surface area contributed by atoms with Crippen LogP contribution >= 0.6 is 35.3 Å². The van der Waals surface area contributed by atoms with Crippen LogP contribution < -0.4 is 15.4 Å². The Morgan fingerprint density at radius 1 is 1.12 bits per heavy atom. The number of aliphatic hydroxyl groups is 1. The lowest BCUT2D eigenvalue weighted by atomic mass is 10.2. The van der Waals surface area contributed by atoms with Gasteiger partial charge in [0.05, 0.1) is 6.61 Å². The molecule has 0 amide bonds. The van der Waals surface area contributed by atoms with Gasteiger partial charge < -0.3 is 25.4 Å². The monoisotopic (exact) mass is 568 g/mol. The van der Waals surface area contributed by atoms with E-state index in [1.165, 1.54) is 4.70 Å². The molecule has 0 saturated carbocycles. The van der Waals surface area contributed by atoms with Gasteiger partial charge in [-0.05, 0) is 55.7 Å². The fourth-order valence-corrected chi connectivity index (χ4v) is 4.19. The van der Waals surface area contributed by atoms with Crippen LogP contribution in [0.4, 0.5) is 0 Å². The van der Waals surface area contributed by atoms with Crippen LogP contribution in [0.5, 0.6) is 5.75 Å². The molecule has 2 aromatic carbocycles. The first-order chi connectivity index (χ1) is 15.0. The zero-order valence-corrected chi connectivity index (χ0v) is 22.0. The van der Waals surface area contributed by atoms with Gasteiger partial charge in [-0.15, -0.1) is 35.3 Å². The molecule has 0 aliphatic rings. The molecule has 0 radical (unpaired) electrons. The Kier molecular flexibility index (Phi) is 11.2. The van der Waals surface area contributed by atoms with Crippen LogP contribution in [0, 0.1) is 0 Å². The highest BCUT2D eigenvalue weighted by Gasteiger charge is 2.12. The van der Waals surface area contributed by atoms with Gasteiger partial charge >= 0.3 is 0 Å². The average molecular weight is 569 g/mol. The lowest BCUT2D eigenvalue weighted by molar-refractivity contribution is 0.184. The van der Waals surface area contributed by atoms with Gasteiger partial charge in [0, 0.05) is 36.3 Å². The number of nitrogens with one attached hydrogen (secondary N) is 2. The van der Waals surface area contributed by atoms with Crippen molar-refractivity contribution in [2.75, 3.05) is 40.8 Å². The molecule has 0 spiro atoms. The molecule has 8 heteroatoms. The molecule has 3 N–H and O–H groups in total. The first kappa shape index (κ1) is 26.4. The van der Waals surface area contributed by atoms with E-state index >= 15 is 0 Å². The van der Waals surface area contributed by atoms with Crippen LogP contribution in [0.25, 0.3) is 10.1 Å². The summed E-state index contributed by atoms with van der Waals surface area (Å²) in [7, 11) is 5.86. The highest BCUT2D eigenvalue weighted by atomic mass is 127. The molecule has 1 heterocycles. The standard InChI is InChI=1S/C24H32N4O2S.HI/c1-25-24(27-17-21(29)23-15-19-7-4-5-8-22(19)31-23)26-16-18-9-11-20(12-10-18)30-14-6-13-28(2)3;/h4-5,7-12,15,21,29H,6,13-14,16-17H2,1-3H3,(H2,25,26,27);1H. The highest BCUT2D eigenvalue weighted by Crippen LogP contribution is 2.29. The predicted molar refractivity (Wildman–Crippen MR) is 146 cm³/mol. The maximum Gasteiger partial charge on any atom is 0.191 e. The molecule has 3 aromatic rings. The number of benzene rings is 2. The Morgan fingerprint density at radius 2 is 1.88 bits per heavy atom. The normalized spacial score (nSPS) is 12.5. The minimum Gasteiger partial charge on any atom is -0.494 e. The molecular formula is C24H33IN4O2S. The van der Waals surface area contributed by atoms with Crippen molar-refractivity contribution in [1.29, 1.82) is 0 Å². The lowest BCUT2D eigenvalue weighted by Gasteiger charge is -2.15. The molecule has 0 saturated heterocycles. The summed E-state index contributed by atoms with van der Waals surface area (Å²) in [6, 6.07) is 18.3. The molecule has 1 aromatic heterocycles. The largest absolute Gasteiger partial charge is 0.494 e. The van der Waals surface area contributed by atoms with Crippen LogP contribution in [0.15, 0.2) is 59.6 Å².